The Kier molecular flexibility index (Phi) is 6.75. The van der Waals surface area contributed by atoms with Gasteiger partial charge in [-0.3, -0.25) is 9.67 Å². The van der Waals surface area contributed by atoms with E-state index in [4.69, 9.17) is 4.74 Å². The molecule has 5 rings (SSSR count). The summed E-state index contributed by atoms with van der Waals surface area (Å²) in [6, 6.07) is 1.40. The molecule has 4 aromatic heterocycles. The van der Waals surface area contributed by atoms with E-state index in [0.717, 1.165) is 6.20 Å². The fourth-order valence-corrected chi connectivity index (χ4v) is 4.98. The molecule has 4 aromatic rings. The van der Waals surface area contributed by atoms with Gasteiger partial charge in [-0.15, -0.1) is 0 Å². The summed E-state index contributed by atoms with van der Waals surface area (Å²) >= 11 is 0. The number of aryl methyl sites for hydroxylation is 2. The Bertz CT molecular complexity index is 1500. The molecule has 0 aliphatic heterocycles. The van der Waals surface area contributed by atoms with Crippen molar-refractivity contribution in [2.24, 2.45) is 13.0 Å². The number of hydrogen-bond acceptors (Lipinski definition) is 5. The molecule has 14 heteroatoms. The Morgan fingerprint density at radius 2 is 1.74 bits per heavy atom. The second-order valence-corrected chi connectivity index (χ2v) is 9.62. The fourth-order valence-electron chi connectivity index (χ4n) is 4.98. The SMILES string of the molecule is Cc1nc(OC2CCC(C(F)(F)F)CC2)c(F)c(-c2cn(Cc3cnn(C)c3)c3ccnc(C(F)(F)F)c23)n1. The van der Waals surface area contributed by atoms with Crippen molar-refractivity contribution in [2.45, 2.75) is 57.6 Å². The van der Waals surface area contributed by atoms with Crippen LogP contribution >= 0.6 is 0 Å². The number of hydrogen-bond donors (Lipinski definition) is 0. The van der Waals surface area contributed by atoms with E-state index in [2.05, 4.69) is 20.1 Å². The van der Waals surface area contributed by atoms with Crippen molar-refractivity contribution >= 4 is 10.9 Å². The Balaban J connectivity index is 1.57. The van der Waals surface area contributed by atoms with E-state index in [9.17, 15) is 26.3 Å². The van der Waals surface area contributed by atoms with E-state index in [1.807, 2.05) is 0 Å². The third-order valence-electron chi connectivity index (χ3n) is 6.78. The summed E-state index contributed by atoms with van der Waals surface area (Å²) in [6.07, 6.45) is -4.50. The molecule has 0 saturated heterocycles. The lowest BCUT2D eigenvalue weighted by Crippen LogP contribution is -2.32. The van der Waals surface area contributed by atoms with E-state index in [0.29, 0.717) is 5.56 Å². The molecule has 208 valence electrons. The van der Waals surface area contributed by atoms with Crippen molar-refractivity contribution in [2.75, 3.05) is 0 Å². The highest BCUT2D eigenvalue weighted by Gasteiger charge is 2.42. The smallest absolute Gasteiger partial charge is 0.434 e. The van der Waals surface area contributed by atoms with Crippen LogP contribution in [0.4, 0.5) is 30.7 Å². The molecule has 39 heavy (non-hydrogen) atoms. The second-order valence-electron chi connectivity index (χ2n) is 9.62. The minimum Gasteiger partial charge on any atom is -0.472 e. The predicted octanol–water partition coefficient (Wildman–Crippen LogP) is 6.24. The molecule has 0 bridgehead atoms. The number of fused-ring (bicyclic) bond motifs is 1. The number of rotatable bonds is 5. The Morgan fingerprint density at radius 3 is 2.36 bits per heavy atom. The fraction of sp³-hybridized carbons (Fsp3) is 0.440. The van der Waals surface area contributed by atoms with E-state index in [1.54, 1.807) is 24.1 Å². The molecule has 4 heterocycles. The summed E-state index contributed by atoms with van der Waals surface area (Å²) < 4.78 is 106. The zero-order valence-electron chi connectivity index (χ0n) is 20.8. The summed E-state index contributed by atoms with van der Waals surface area (Å²) in [6.45, 7) is 1.57. The minimum absolute atomic E-state index is 0.0241. The molecular weight excluding hydrogens is 533 g/mol. The van der Waals surface area contributed by atoms with Gasteiger partial charge in [-0.1, -0.05) is 0 Å². The van der Waals surface area contributed by atoms with Crippen molar-refractivity contribution in [3.05, 3.63) is 53.8 Å². The predicted molar refractivity (Wildman–Crippen MR) is 125 cm³/mol. The van der Waals surface area contributed by atoms with Gasteiger partial charge in [0.15, 0.2) is 5.69 Å². The number of ether oxygens (including phenoxy) is 1. The monoisotopic (exact) mass is 556 g/mol. The van der Waals surface area contributed by atoms with Crippen LogP contribution in [0.25, 0.3) is 22.2 Å². The lowest BCUT2D eigenvalue weighted by molar-refractivity contribution is -0.185. The van der Waals surface area contributed by atoms with E-state index in [-0.39, 0.29) is 54.5 Å². The lowest BCUT2D eigenvalue weighted by atomic mass is 9.87. The molecule has 1 saturated carbocycles. The van der Waals surface area contributed by atoms with Crippen molar-refractivity contribution in [1.82, 2.24) is 29.3 Å². The maximum Gasteiger partial charge on any atom is 0.434 e. The standard InChI is InChI=1S/C25H23F7N6O/c1-13-35-21(20(26)23(36-13)39-16-5-3-15(4-6-16)24(27,28)29)17-12-38(11-14-9-34-37(2)10-14)18-7-8-33-22(19(17)18)25(30,31)32/h7-10,12,15-16H,3-6,11H2,1-2H3. The third kappa shape index (κ3) is 5.41. The quantitative estimate of drug-likeness (QED) is 0.272. The van der Waals surface area contributed by atoms with Crippen LogP contribution in [-0.4, -0.2) is 41.6 Å². The van der Waals surface area contributed by atoms with Crippen LogP contribution in [0.3, 0.4) is 0 Å². The van der Waals surface area contributed by atoms with Gasteiger partial charge in [0.25, 0.3) is 5.88 Å². The number of aromatic nitrogens is 6. The van der Waals surface area contributed by atoms with Gasteiger partial charge in [0.1, 0.15) is 17.6 Å². The molecule has 1 fully saturated rings. The van der Waals surface area contributed by atoms with Crippen molar-refractivity contribution < 1.29 is 35.5 Å². The third-order valence-corrected chi connectivity index (χ3v) is 6.78. The van der Waals surface area contributed by atoms with E-state index >= 15 is 4.39 Å². The first kappa shape index (κ1) is 26.9. The molecule has 1 aliphatic rings. The maximum atomic E-state index is 15.8. The summed E-state index contributed by atoms with van der Waals surface area (Å²) in [5.74, 6) is -3.05. The van der Waals surface area contributed by atoms with Gasteiger partial charge in [-0.05, 0) is 38.7 Å². The first-order valence-corrected chi connectivity index (χ1v) is 12.1. The summed E-state index contributed by atoms with van der Waals surface area (Å²) in [5.41, 5.74) is -0.940. The maximum absolute atomic E-state index is 15.8. The average molecular weight is 556 g/mol. The summed E-state index contributed by atoms with van der Waals surface area (Å²) in [7, 11) is 1.70. The zero-order chi connectivity index (χ0) is 28.1. The molecule has 0 N–H and O–H groups in total. The normalized spacial score (nSPS) is 18.6. The molecule has 1 aliphatic carbocycles. The highest BCUT2D eigenvalue weighted by Crippen LogP contribution is 2.42. The summed E-state index contributed by atoms with van der Waals surface area (Å²) in [5, 5.41) is 3.73. The molecule has 0 unspecified atom stereocenters. The van der Waals surface area contributed by atoms with Gasteiger partial charge < -0.3 is 9.30 Å². The van der Waals surface area contributed by atoms with Gasteiger partial charge >= 0.3 is 12.4 Å². The molecule has 0 aromatic carbocycles. The Hall–Kier alpha value is -3.71. The van der Waals surface area contributed by atoms with Gasteiger partial charge in [0.05, 0.1) is 24.2 Å². The minimum atomic E-state index is -4.84. The number of nitrogens with zero attached hydrogens (tertiary/aromatic N) is 6. The van der Waals surface area contributed by atoms with Crippen molar-refractivity contribution in [3.63, 3.8) is 0 Å². The first-order chi connectivity index (χ1) is 18.3. The van der Waals surface area contributed by atoms with Gasteiger partial charge in [0.2, 0.25) is 5.82 Å². The summed E-state index contributed by atoms with van der Waals surface area (Å²) in [4.78, 5) is 11.6. The van der Waals surface area contributed by atoms with Gasteiger partial charge in [0, 0.05) is 42.2 Å². The molecular formula is C25H23F7N6O. The molecule has 0 atom stereocenters. The second kappa shape index (κ2) is 9.79. The van der Waals surface area contributed by atoms with Crippen LogP contribution < -0.4 is 4.74 Å². The Labute approximate surface area is 217 Å². The molecule has 0 radical (unpaired) electrons. The van der Waals surface area contributed by atoms with Crippen LogP contribution in [0, 0.1) is 18.7 Å². The van der Waals surface area contributed by atoms with E-state index < -0.39 is 47.5 Å². The van der Waals surface area contributed by atoms with E-state index in [1.165, 1.54) is 23.8 Å². The zero-order valence-corrected chi connectivity index (χ0v) is 20.8. The highest BCUT2D eigenvalue weighted by molar-refractivity contribution is 5.97. The van der Waals surface area contributed by atoms with Crippen LogP contribution in [0.1, 0.15) is 42.8 Å². The lowest BCUT2D eigenvalue weighted by Gasteiger charge is -2.30. The van der Waals surface area contributed by atoms with Crippen LogP contribution in [0.2, 0.25) is 0 Å². The number of halogens is 7. The topological polar surface area (TPSA) is 70.7 Å². The Morgan fingerprint density at radius 1 is 1.03 bits per heavy atom. The molecule has 0 spiro atoms. The number of alkyl halides is 6. The number of pyridine rings is 1. The van der Waals surface area contributed by atoms with Crippen molar-refractivity contribution in [3.8, 4) is 17.1 Å². The average Bonchev–Trinajstić information content (AvgIpc) is 3.43. The van der Waals surface area contributed by atoms with Crippen LogP contribution in [0.5, 0.6) is 5.88 Å². The van der Waals surface area contributed by atoms with Gasteiger partial charge in [-0.25, -0.2) is 4.98 Å². The molecule has 7 nitrogen and oxygen atoms in total. The first-order valence-electron chi connectivity index (χ1n) is 12.1. The van der Waals surface area contributed by atoms with Crippen molar-refractivity contribution in [1.29, 1.82) is 0 Å². The van der Waals surface area contributed by atoms with Gasteiger partial charge in [-0.2, -0.15) is 40.8 Å². The largest absolute Gasteiger partial charge is 0.472 e. The van der Waals surface area contributed by atoms with Crippen LogP contribution in [0.15, 0.2) is 30.9 Å². The molecule has 0 amide bonds. The highest BCUT2D eigenvalue weighted by atomic mass is 19.4. The van der Waals surface area contributed by atoms with Crippen LogP contribution in [-0.2, 0) is 19.8 Å².